The molecule has 8 heteroatoms. The van der Waals surface area contributed by atoms with Gasteiger partial charge in [-0.1, -0.05) is 30.3 Å². The van der Waals surface area contributed by atoms with Crippen LogP contribution < -0.4 is 10.1 Å². The zero-order chi connectivity index (χ0) is 16.9. The molecule has 7 nitrogen and oxygen atoms in total. The molecule has 3 aromatic rings. The Balaban J connectivity index is 1.99. The normalized spacial score (nSPS) is 10.2. The van der Waals surface area contributed by atoms with E-state index in [-0.39, 0.29) is 17.4 Å². The van der Waals surface area contributed by atoms with Gasteiger partial charge in [0.2, 0.25) is 5.82 Å². The van der Waals surface area contributed by atoms with Gasteiger partial charge in [-0.3, -0.25) is 10.1 Å². The molecule has 120 valence electrons. The van der Waals surface area contributed by atoms with Gasteiger partial charge >= 0.3 is 11.6 Å². The van der Waals surface area contributed by atoms with Crippen LogP contribution in [0.4, 0.5) is 17.2 Å². The SMILES string of the molecule is O=[N+]([O-])c1c(Nc2ccccc2Br)ncnc1Oc1ccccc1. The van der Waals surface area contributed by atoms with Crippen molar-refractivity contribution >= 4 is 33.1 Å². The average Bonchev–Trinajstić information content (AvgIpc) is 2.58. The summed E-state index contributed by atoms with van der Waals surface area (Å²) in [6, 6.07) is 16.0. The second-order valence-corrected chi connectivity index (χ2v) is 5.51. The monoisotopic (exact) mass is 386 g/mol. The Morgan fingerprint density at radius 2 is 1.75 bits per heavy atom. The number of hydrogen-bond acceptors (Lipinski definition) is 6. The first-order chi connectivity index (χ1) is 11.6. The Hall–Kier alpha value is -3.00. The number of nitro groups is 1. The molecule has 0 aliphatic rings. The minimum absolute atomic E-state index is 0.0489. The van der Waals surface area contributed by atoms with E-state index in [1.807, 2.05) is 24.3 Å². The van der Waals surface area contributed by atoms with Crippen molar-refractivity contribution in [3.8, 4) is 11.6 Å². The minimum atomic E-state index is -0.572. The molecule has 0 aliphatic heterocycles. The highest BCUT2D eigenvalue weighted by atomic mass is 79.9. The van der Waals surface area contributed by atoms with E-state index in [1.54, 1.807) is 30.3 Å². The minimum Gasteiger partial charge on any atom is -0.434 e. The molecule has 2 aromatic carbocycles. The topological polar surface area (TPSA) is 90.2 Å². The third-order valence-corrected chi connectivity index (χ3v) is 3.75. The second kappa shape index (κ2) is 7.05. The molecule has 0 aliphatic carbocycles. The van der Waals surface area contributed by atoms with Gasteiger partial charge in [0.05, 0.1) is 10.6 Å². The lowest BCUT2D eigenvalue weighted by Crippen LogP contribution is -2.03. The summed E-state index contributed by atoms with van der Waals surface area (Å²) in [6.07, 6.45) is 1.21. The van der Waals surface area contributed by atoms with Gasteiger partial charge in [-0.25, -0.2) is 4.98 Å². The molecule has 0 fully saturated rings. The molecule has 0 spiro atoms. The molecular weight excluding hydrogens is 376 g/mol. The number of hydrogen-bond donors (Lipinski definition) is 1. The van der Waals surface area contributed by atoms with Crippen LogP contribution in [0.2, 0.25) is 0 Å². The van der Waals surface area contributed by atoms with Crippen LogP contribution in [0.5, 0.6) is 11.6 Å². The number of ether oxygens (including phenoxy) is 1. The predicted molar refractivity (Wildman–Crippen MR) is 92.6 cm³/mol. The van der Waals surface area contributed by atoms with Crippen molar-refractivity contribution in [2.24, 2.45) is 0 Å². The number of nitrogens with zero attached hydrogens (tertiary/aromatic N) is 3. The van der Waals surface area contributed by atoms with Crippen molar-refractivity contribution in [3.63, 3.8) is 0 Å². The van der Waals surface area contributed by atoms with Gasteiger partial charge in [0.25, 0.3) is 0 Å². The average molecular weight is 387 g/mol. The third kappa shape index (κ3) is 3.49. The van der Waals surface area contributed by atoms with Gasteiger partial charge in [0.15, 0.2) is 0 Å². The Kier molecular flexibility index (Phi) is 4.66. The molecule has 3 rings (SSSR count). The van der Waals surface area contributed by atoms with Crippen LogP contribution >= 0.6 is 15.9 Å². The van der Waals surface area contributed by atoms with Crippen molar-refractivity contribution in [2.75, 3.05) is 5.32 Å². The van der Waals surface area contributed by atoms with E-state index >= 15 is 0 Å². The molecule has 0 saturated heterocycles. The molecule has 0 atom stereocenters. The van der Waals surface area contributed by atoms with Gasteiger partial charge in [0, 0.05) is 4.47 Å². The first kappa shape index (κ1) is 15.9. The van der Waals surface area contributed by atoms with Gasteiger partial charge in [0.1, 0.15) is 12.1 Å². The molecule has 0 amide bonds. The smallest absolute Gasteiger partial charge is 0.373 e. The van der Waals surface area contributed by atoms with E-state index in [4.69, 9.17) is 4.74 Å². The molecule has 0 saturated carbocycles. The standard InChI is InChI=1S/C16H11BrN4O3/c17-12-8-4-5-9-13(12)20-15-14(21(22)23)16(19-10-18-15)24-11-6-2-1-3-7-11/h1-10H,(H,18,19,20). The van der Waals surface area contributed by atoms with Crippen LogP contribution in [0.25, 0.3) is 0 Å². The van der Waals surface area contributed by atoms with Crippen molar-refractivity contribution in [1.29, 1.82) is 0 Å². The predicted octanol–water partition coefficient (Wildman–Crippen LogP) is 4.68. The van der Waals surface area contributed by atoms with Crippen molar-refractivity contribution < 1.29 is 9.66 Å². The number of aromatic nitrogens is 2. The van der Waals surface area contributed by atoms with Crippen LogP contribution in [0, 0.1) is 10.1 Å². The zero-order valence-corrected chi connectivity index (χ0v) is 13.8. The summed E-state index contributed by atoms with van der Waals surface area (Å²) in [5.41, 5.74) is 0.307. The second-order valence-electron chi connectivity index (χ2n) is 4.65. The Bertz CT molecular complexity index is 874. The molecule has 0 radical (unpaired) electrons. The summed E-state index contributed by atoms with van der Waals surface area (Å²) in [5, 5.41) is 14.4. The maximum Gasteiger partial charge on any atom is 0.373 e. The lowest BCUT2D eigenvalue weighted by atomic mass is 10.3. The summed E-state index contributed by atoms with van der Waals surface area (Å²) < 4.78 is 6.29. The highest BCUT2D eigenvalue weighted by Crippen LogP contribution is 2.36. The van der Waals surface area contributed by atoms with E-state index in [2.05, 4.69) is 31.2 Å². The quantitative estimate of drug-likeness (QED) is 0.505. The fraction of sp³-hybridized carbons (Fsp3) is 0. The van der Waals surface area contributed by atoms with E-state index in [0.717, 1.165) is 4.47 Å². The van der Waals surface area contributed by atoms with Crippen LogP contribution in [-0.4, -0.2) is 14.9 Å². The summed E-state index contributed by atoms with van der Waals surface area (Å²) in [6.45, 7) is 0. The molecule has 0 bridgehead atoms. The van der Waals surface area contributed by atoms with Crippen LogP contribution in [0.3, 0.4) is 0 Å². The van der Waals surface area contributed by atoms with Crippen LogP contribution in [0.15, 0.2) is 65.4 Å². The first-order valence-electron chi connectivity index (χ1n) is 6.89. The Morgan fingerprint density at radius 3 is 2.46 bits per heavy atom. The fourth-order valence-electron chi connectivity index (χ4n) is 1.98. The number of anilines is 2. The van der Waals surface area contributed by atoms with Gasteiger partial charge < -0.3 is 10.1 Å². The highest BCUT2D eigenvalue weighted by molar-refractivity contribution is 9.10. The van der Waals surface area contributed by atoms with E-state index in [1.165, 1.54) is 6.33 Å². The number of nitrogens with one attached hydrogen (secondary N) is 1. The first-order valence-corrected chi connectivity index (χ1v) is 7.68. The molecule has 0 unspecified atom stereocenters. The Morgan fingerprint density at radius 1 is 1.04 bits per heavy atom. The molecular formula is C16H11BrN4O3. The van der Waals surface area contributed by atoms with Gasteiger partial charge in [-0.2, -0.15) is 4.98 Å². The van der Waals surface area contributed by atoms with E-state index in [9.17, 15) is 10.1 Å². The summed E-state index contributed by atoms with van der Waals surface area (Å²) in [5.74, 6) is 0.370. The Labute approximate surface area is 145 Å². The van der Waals surface area contributed by atoms with E-state index < -0.39 is 4.92 Å². The zero-order valence-electron chi connectivity index (χ0n) is 12.2. The number of rotatable bonds is 5. The van der Waals surface area contributed by atoms with Crippen LogP contribution in [-0.2, 0) is 0 Å². The maximum atomic E-state index is 11.5. The number of benzene rings is 2. The number of halogens is 1. The lowest BCUT2D eigenvalue weighted by molar-refractivity contribution is -0.385. The van der Waals surface area contributed by atoms with Crippen molar-refractivity contribution in [3.05, 3.63) is 75.5 Å². The summed E-state index contributed by atoms with van der Waals surface area (Å²) >= 11 is 3.38. The third-order valence-electron chi connectivity index (χ3n) is 3.06. The molecule has 24 heavy (non-hydrogen) atoms. The van der Waals surface area contributed by atoms with Crippen molar-refractivity contribution in [1.82, 2.24) is 9.97 Å². The van der Waals surface area contributed by atoms with Crippen molar-refractivity contribution in [2.45, 2.75) is 0 Å². The largest absolute Gasteiger partial charge is 0.434 e. The molecule has 1 aromatic heterocycles. The molecule has 1 N–H and O–H groups in total. The molecule has 1 heterocycles. The fourth-order valence-corrected chi connectivity index (χ4v) is 2.37. The van der Waals surface area contributed by atoms with E-state index in [0.29, 0.717) is 11.4 Å². The summed E-state index contributed by atoms with van der Waals surface area (Å²) in [4.78, 5) is 18.8. The lowest BCUT2D eigenvalue weighted by Gasteiger charge is -2.10. The van der Waals surface area contributed by atoms with Crippen LogP contribution in [0.1, 0.15) is 0 Å². The summed E-state index contributed by atoms with van der Waals surface area (Å²) in [7, 11) is 0. The van der Waals surface area contributed by atoms with Gasteiger partial charge in [-0.05, 0) is 40.2 Å². The number of para-hydroxylation sites is 2. The maximum absolute atomic E-state index is 11.5. The van der Waals surface area contributed by atoms with Gasteiger partial charge in [-0.15, -0.1) is 0 Å². The highest BCUT2D eigenvalue weighted by Gasteiger charge is 2.25.